The van der Waals surface area contributed by atoms with E-state index >= 15 is 0 Å². The van der Waals surface area contributed by atoms with Gasteiger partial charge in [0, 0.05) is 19.9 Å². The first-order valence-corrected chi connectivity index (χ1v) is 7.95. The summed E-state index contributed by atoms with van der Waals surface area (Å²) in [5, 5.41) is 14.6. The molecule has 2 N–H and O–H groups in total. The third-order valence-corrected chi connectivity index (χ3v) is 4.22. The van der Waals surface area contributed by atoms with Crippen LogP contribution in [-0.2, 0) is 9.53 Å². The normalized spacial score (nSPS) is 21.8. The van der Waals surface area contributed by atoms with Gasteiger partial charge in [0.1, 0.15) is 11.9 Å². The maximum absolute atomic E-state index is 14.5. The first kappa shape index (κ1) is 17.0. The Labute approximate surface area is 143 Å². The Bertz CT molecular complexity index is 724. The number of carbonyl (C=O) groups excluding carboxylic acids is 2. The molecular formula is C16H19FN4O4. The predicted octanol–water partition coefficient (Wildman–Crippen LogP) is 1.33. The lowest BCUT2D eigenvalue weighted by Gasteiger charge is -2.20. The number of oxime groups is 1. The molecule has 2 aliphatic heterocycles. The molecule has 1 aromatic rings. The molecule has 0 aromatic heterocycles. The summed E-state index contributed by atoms with van der Waals surface area (Å²) in [6.45, 7) is 2.78. The van der Waals surface area contributed by atoms with Crippen molar-refractivity contribution in [3.05, 3.63) is 24.0 Å². The molecule has 2 heterocycles. The van der Waals surface area contributed by atoms with Crippen molar-refractivity contribution in [1.82, 2.24) is 5.32 Å². The van der Waals surface area contributed by atoms with Gasteiger partial charge in [-0.3, -0.25) is 9.69 Å². The fourth-order valence-corrected chi connectivity index (χ4v) is 2.95. The molecule has 9 heteroatoms. The van der Waals surface area contributed by atoms with Crippen LogP contribution in [0.5, 0.6) is 0 Å². The molecule has 2 amide bonds. The maximum Gasteiger partial charge on any atom is 0.414 e. The van der Waals surface area contributed by atoms with E-state index in [-0.39, 0.29) is 19.0 Å². The Hall–Kier alpha value is -2.84. The van der Waals surface area contributed by atoms with E-state index in [0.29, 0.717) is 36.6 Å². The largest absolute Gasteiger partial charge is 0.442 e. The van der Waals surface area contributed by atoms with Crippen LogP contribution in [-0.4, -0.2) is 55.2 Å². The van der Waals surface area contributed by atoms with Crippen molar-refractivity contribution < 1.29 is 23.9 Å². The van der Waals surface area contributed by atoms with Crippen molar-refractivity contribution in [2.45, 2.75) is 19.4 Å². The van der Waals surface area contributed by atoms with E-state index in [9.17, 15) is 14.0 Å². The van der Waals surface area contributed by atoms with Crippen molar-refractivity contribution in [3.63, 3.8) is 0 Å². The quantitative estimate of drug-likeness (QED) is 0.631. The van der Waals surface area contributed by atoms with Gasteiger partial charge < -0.3 is 20.2 Å². The molecule has 2 fully saturated rings. The van der Waals surface area contributed by atoms with Crippen molar-refractivity contribution in [2.75, 3.05) is 36.0 Å². The lowest BCUT2D eigenvalue weighted by Crippen LogP contribution is -2.33. The van der Waals surface area contributed by atoms with Gasteiger partial charge in [-0.2, -0.15) is 0 Å². The van der Waals surface area contributed by atoms with Gasteiger partial charge in [0.05, 0.1) is 36.7 Å². The van der Waals surface area contributed by atoms with E-state index in [0.717, 1.165) is 0 Å². The Morgan fingerprint density at radius 2 is 2.32 bits per heavy atom. The predicted molar refractivity (Wildman–Crippen MR) is 88.8 cm³/mol. The lowest BCUT2D eigenvalue weighted by atomic mass is 10.2. The molecule has 1 unspecified atom stereocenters. The zero-order chi connectivity index (χ0) is 18.0. The van der Waals surface area contributed by atoms with Gasteiger partial charge in [-0.05, 0) is 18.2 Å². The summed E-state index contributed by atoms with van der Waals surface area (Å²) in [5.74, 6) is -0.670. The van der Waals surface area contributed by atoms with E-state index in [1.165, 1.54) is 17.9 Å². The number of nitrogens with one attached hydrogen (secondary N) is 1. The maximum atomic E-state index is 14.5. The van der Waals surface area contributed by atoms with Crippen LogP contribution in [0.4, 0.5) is 20.6 Å². The highest BCUT2D eigenvalue weighted by atomic mass is 19.1. The van der Waals surface area contributed by atoms with Gasteiger partial charge in [0.2, 0.25) is 5.91 Å². The highest BCUT2D eigenvalue weighted by Crippen LogP contribution is 2.29. The summed E-state index contributed by atoms with van der Waals surface area (Å²) in [4.78, 5) is 26.0. The smallest absolute Gasteiger partial charge is 0.414 e. The van der Waals surface area contributed by atoms with Crippen LogP contribution in [0, 0.1) is 5.82 Å². The molecule has 134 valence electrons. The molecular weight excluding hydrogens is 331 g/mol. The van der Waals surface area contributed by atoms with Crippen molar-refractivity contribution in [1.29, 1.82) is 0 Å². The second-order valence-corrected chi connectivity index (χ2v) is 6.03. The highest BCUT2D eigenvalue weighted by molar-refractivity contribution is 5.92. The zero-order valence-electron chi connectivity index (χ0n) is 13.7. The zero-order valence-corrected chi connectivity index (χ0v) is 13.7. The average molecular weight is 350 g/mol. The van der Waals surface area contributed by atoms with Crippen LogP contribution in [0.3, 0.4) is 0 Å². The van der Waals surface area contributed by atoms with Crippen molar-refractivity contribution >= 4 is 29.1 Å². The minimum Gasteiger partial charge on any atom is -0.442 e. The molecule has 25 heavy (non-hydrogen) atoms. The molecule has 8 nitrogen and oxygen atoms in total. The third kappa shape index (κ3) is 3.65. The summed E-state index contributed by atoms with van der Waals surface area (Å²) in [5.41, 5.74) is 1.39. The number of cyclic esters (lactones) is 1. The van der Waals surface area contributed by atoms with Crippen molar-refractivity contribution in [3.8, 4) is 0 Å². The van der Waals surface area contributed by atoms with Gasteiger partial charge in [0.25, 0.3) is 0 Å². The summed E-state index contributed by atoms with van der Waals surface area (Å²) < 4.78 is 19.7. The van der Waals surface area contributed by atoms with Crippen LogP contribution in [0.25, 0.3) is 0 Å². The number of amides is 2. The second kappa shape index (κ2) is 6.96. The van der Waals surface area contributed by atoms with E-state index < -0.39 is 18.0 Å². The Balaban J connectivity index is 1.70. The minimum atomic E-state index is -0.571. The highest BCUT2D eigenvalue weighted by Gasteiger charge is 2.33. The molecule has 2 saturated heterocycles. The molecule has 3 rings (SSSR count). The van der Waals surface area contributed by atoms with Crippen LogP contribution in [0.1, 0.15) is 13.3 Å². The van der Waals surface area contributed by atoms with Gasteiger partial charge in [-0.15, -0.1) is 0 Å². The molecule has 0 radical (unpaired) electrons. The summed E-state index contributed by atoms with van der Waals surface area (Å²) in [6.07, 6.45) is -0.458. The first-order chi connectivity index (χ1) is 12.0. The molecule has 0 bridgehead atoms. The monoisotopic (exact) mass is 350 g/mol. The number of rotatable bonds is 4. The standard InChI is InChI=1S/C16H19FN4O4/c1-10(22)18-7-13-9-21(16(23)25-13)12-2-3-15(14(17)6-12)20-5-4-11(8-20)19-24/h2-3,6,13,24H,4-5,7-9H2,1H3,(H,18,22). The fourth-order valence-electron chi connectivity index (χ4n) is 2.95. The van der Waals surface area contributed by atoms with Gasteiger partial charge in [-0.1, -0.05) is 5.16 Å². The molecule has 0 saturated carbocycles. The van der Waals surface area contributed by atoms with E-state index in [1.54, 1.807) is 17.0 Å². The van der Waals surface area contributed by atoms with Crippen LogP contribution < -0.4 is 15.1 Å². The second-order valence-electron chi connectivity index (χ2n) is 6.03. The van der Waals surface area contributed by atoms with Gasteiger partial charge >= 0.3 is 6.09 Å². The Morgan fingerprint density at radius 1 is 1.52 bits per heavy atom. The SMILES string of the molecule is CC(=O)NCC1CN(c2ccc(N3CCC(=NO)C3)c(F)c2)C(=O)O1. The molecule has 0 spiro atoms. The number of hydrogen-bond donors (Lipinski definition) is 2. The number of anilines is 2. The Morgan fingerprint density at radius 3 is 2.96 bits per heavy atom. The van der Waals surface area contributed by atoms with E-state index in [2.05, 4.69) is 10.5 Å². The van der Waals surface area contributed by atoms with Crippen molar-refractivity contribution in [2.24, 2.45) is 5.16 Å². The van der Waals surface area contributed by atoms with Crippen LogP contribution in [0.2, 0.25) is 0 Å². The molecule has 1 atom stereocenters. The summed E-state index contributed by atoms with van der Waals surface area (Å²) in [6, 6.07) is 4.53. The van der Waals surface area contributed by atoms with Crippen LogP contribution >= 0.6 is 0 Å². The summed E-state index contributed by atoms with van der Waals surface area (Å²) >= 11 is 0. The third-order valence-electron chi connectivity index (χ3n) is 4.22. The molecule has 2 aliphatic rings. The van der Waals surface area contributed by atoms with Gasteiger partial charge in [0.15, 0.2) is 0 Å². The Kier molecular flexibility index (Phi) is 4.73. The number of halogens is 1. The molecule has 0 aliphatic carbocycles. The topological polar surface area (TPSA) is 94.5 Å². The molecule has 1 aromatic carbocycles. The average Bonchev–Trinajstić information content (AvgIpc) is 3.19. The number of hydrogen-bond acceptors (Lipinski definition) is 6. The lowest BCUT2D eigenvalue weighted by molar-refractivity contribution is -0.119. The van der Waals surface area contributed by atoms with Gasteiger partial charge in [-0.25, -0.2) is 9.18 Å². The number of nitrogens with zero attached hydrogens (tertiary/aromatic N) is 3. The van der Waals surface area contributed by atoms with E-state index in [1.807, 2.05) is 0 Å². The fraction of sp³-hybridized carbons (Fsp3) is 0.438. The van der Waals surface area contributed by atoms with E-state index in [4.69, 9.17) is 9.94 Å². The van der Waals surface area contributed by atoms with Crippen LogP contribution in [0.15, 0.2) is 23.4 Å². The number of ether oxygens (including phenoxy) is 1. The number of benzene rings is 1. The first-order valence-electron chi connectivity index (χ1n) is 7.95. The number of carbonyl (C=O) groups is 2. The summed E-state index contributed by atoms with van der Waals surface area (Å²) in [7, 11) is 0. The minimum absolute atomic E-state index is 0.207.